The van der Waals surface area contributed by atoms with Crippen molar-refractivity contribution in [3.8, 4) is 0 Å². The third kappa shape index (κ3) is 4.64. The maximum atomic E-state index is 12.2. The summed E-state index contributed by atoms with van der Waals surface area (Å²) in [6.07, 6.45) is 6.25. The normalized spacial score (nSPS) is 20.5. The fourth-order valence-corrected chi connectivity index (χ4v) is 3.37. The van der Waals surface area contributed by atoms with E-state index in [0.717, 1.165) is 63.5 Å². The van der Waals surface area contributed by atoms with Gasteiger partial charge in [-0.2, -0.15) is 0 Å². The highest BCUT2D eigenvalue weighted by molar-refractivity contribution is 5.76. The number of anilines is 1. The Hall–Kier alpha value is -1.69. The second kappa shape index (κ2) is 7.73. The molecule has 6 nitrogen and oxygen atoms in total. The van der Waals surface area contributed by atoms with E-state index < -0.39 is 0 Å². The molecular weight excluding hydrogens is 292 g/mol. The molecule has 1 N–H and O–H groups in total. The van der Waals surface area contributed by atoms with Crippen molar-refractivity contribution in [3.05, 3.63) is 18.1 Å². The van der Waals surface area contributed by atoms with Crippen LogP contribution in [0, 0.1) is 12.8 Å². The number of nitrogens with one attached hydrogen (secondary N) is 1. The van der Waals surface area contributed by atoms with E-state index in [9.17, 15) is 4.79 Å². The molecule has 0 saturated carbocycles. The van der Waals surface area contributed by atoms with Crippen LogP contribution in [0.1, 0.15) is 37.8 Å². The summed E-state index contributed by atoms with van der Waals surface area (Å²) in [5, 5.41) is 3.16. The first-order chi connectivity index (χ1) is 11.2. The van der Waals surface area contributed by atoms with Crippen molar-refractivity contribution in [1.29, 1.82) is 0 Å². The van der Waals surface area contributed by atoms with E-state index in [-0.39, 0.29) is 5.91 Å². The Morgan fingerprint density at radius 2 is 2.00 bits per heavy atom. The van der Waals surface area contributed by atoms with Gasteiger partial charge in [-0.25, -0.2) is 9.97 Å². The second-order valence-corrected chi connectivity index (χ2v) is 6.61. The molecule has 0 atom stereocenters. The van der Waals surface area contributed by atoms with Crippen molar-refractivity contribution < 1.29 is 9.53 Å². The van der Waals surface area contributed by atoms with Gasteiger partial charge in [0.2, 0.25) is 5.91 Å². The van der Waals surface area contributed by atoms with Gasteiger partial charge in [0.15, 0.2) is 0 Å². The lowest BCUT2D eigenvalue weighted by Gasteiger charge is -2.33. The minimum atomic E-state index is 0.202. The van der Waals surface area contributed by atoms with Crippen LogP contribution >= 0.6 is 0 Å². The molecule has 3 heterocycles. The number of ether oxygens (including phenoxy) is 1. The summed E-state index contributed by atoms with van der Waals surface area (Å²) < 4.78 is 5.33. The molecule has 2 fully saturated rings. The van der Waals surface area contributed by atoms with Crippen LogP contribution in [0.2, 0.25) is 0 Å². The van der Waals surface area contributed by atoms with E-state index in [4.69, 9.17) is 4.74 Å². The topological polar surface area (TPSA) is 67.4 Å². The van der Waals surface area contributed by atoms with Crippen LogP contribution in [-0.4, -0.2) is 48.2 Å². The maximum Gasteiger partial charge on any atom is 0.220 e. The van der Waals surface area contributed by atoms with Gasteiger partial charge in [-0.05, 0) is 38.5 Å². The molecule has 2 aliphatic heterocycles. The zero-order valence-electron chi connectivity index (χ0n) is 13.8. The molecule has 3 rings (SSSR count). The van der Waals surface area contributed by atoms with Gasteiger partial charge in [0.25, 0.3) is 0 Å². The molecule has 0 aromatic carbocycles. The minimum absolute atomic E-state index is 0.202. The van der Waals surface area contributed by atoms with Gasteiger partial charge in [-0.1, -0.05) is 0 Å². The molecule has 23 heavy (non-hydrogen) atoms. The van der Waals surface area contributed by atoms with Gasteiger partial charge in [-0.15, -0.1) is 0 Å². The quantitative estimate of drug-likeness (QED) is 0.915. The van der Waals surface area contributed by atoms with E-state index in [1.165, 1.54) is 0 Å². The van der Waals surface area contributed by atoms with Gasteiger partial charge in [-0.3, -0.25) is 4.79 Å². The molecule has 0 radical (unpaired) electrons. The SMILES string of the molecule is Cc1cc(N2CCC(CC(=O)NC3CCOCC3)CC2)ncn1. The summed E-state index contributed by atoms with van der Waals surface area (Å²) in [4.78, 5) is 23.0. The van der Waals surface area contributed by atoms with Crippen molar-refractivity contribution in [2.45, 2.75) is 45.1 Å². The first-order valence-electron chi connectivity index (χ1n) is 8.61. The molecule has 0 aliphatic carbocycles. The molecule has 0 bridgehead atoms. The van der Waals surface area contributed by atoms with E-state index in [1.54, 1.807) is 6.33 Å². The van der Waals surface area contributed by atoms with Crippen LogP contribution < -0.4 is 10.2 Å². The summed E-state index contributed by atoms with van der Waals surface area (Å²) in [5.74, 6) is 1.69. The summed E-state index contributed by atoms with van der Waals surface area (Å²) in [5.41, 5.74) is 0.993. The van der Waals surface area contributed by atoms with Crippen molar-refractivity contribution >= 4 is 11.7 Å². The molecule has 1 aromatic heterocycles. The Labute approximate surface area is 137 Å². The third-order valence-corrected chi connectivity index (χ3v) is 4.79. The zero-order chi connectivity index (χ0) is 16.1. The number of carbonyl (C=O) groups is 1. The van der Waals surface area contributed by atoms with E-state index in [1.807, 2.05) is 13.0 Å². The van der Waals surface area contributed by atoms with Crippen molar-refractivity contribution in [2.24, 2.45) is 5.92 Å². The Bertz CT molecular complexity index is 523. The molecule has 6 heteroatoms. The third-order valence-electron chi connectivity index (χ3n) is 4.79. The molecule has 126 valence electrons. The van der Waals surface area contributed by atoms with Crippen LogP contribution in [0.5, 0.6) is 0 Å². The van der Waals surface area contributed by atoms with Crippen LogP contribution in [0.3, 0.4) is 0 Å². The smallest absolute Gasteiger partial charge is 0.220 e. The van der Waals surface area contributed by atoms with Crippen LogP contribution in [0.15, 0.2) is 12.4 Å². The summed E-state index contributed by atoms with van der Waals surface area (Å²) in [6.45, 7) is 5.44. The van der Waals surface area contributed by atoms with E-state index >= 15 is 0 Å². The number of piperidine rings is 1. The standard InChI is InChI=1S/C17H26N4O2/c1-13-10-16(19-12-18-13)21-6-2-14(3-7-21)11-17(22)20-15-4-8-23-9-5-15/h10,12,14-15H,2-9,11H2,1H3,(H,20,22). The van der Waals surface area contributed by atoms with E-state index in [0.29, 0.717) is 18.4 Å². The number of amides is 1. The number of nitrogens with zero attached hydrogens (tertiary/aromatic N) is 3. The Kier molecular flexibility index (Phi) is 5.43. The largest absolute Gasteiger partial charge is 0.381 e. The number of rotatable bonds is 4. The first kappa shape index (κ1) is 16.2. The molecule has 1 amide bonds. The number of hydrogen-bond acceptors (Lipinski definition) is 5. The van der Waals surface area contributed by atoms with Crippen LogP contribution in [0.25, 0.3) is 0 Å². The van der Waals surface area contributed by atoms with Gasteiger partial charge in [0.05, 0.1) is 0 Å². The highest BCUT2D eigenvalue weighted by Gasteiger charge is 2.24. The van der Waals surface area contributed by atoms with Crippen LogP contribution in [0.4, 0.5) is 5.82 Å². The predicted molar refractivity (Wildman–Crippen MR) is 88.3 cm³/mol. The summed E-state index contributed by atoms with van der Waals surface area (Å²) in [6, 6.07) is 2.33. The molecule has 0 spiro atoms. The highest BCUT2D eigenvalue weighted by atomic mass is 16.5. The number of hydrogen-bond donors (Lipinski definition) is 1. The maximum absolute atomic E-state index is 12.2. The molecule has 2 saturated heterocycles. The van der Waals surface area contributed by atoms with Crippen molar-refractivity contribution in [3.63, 3.8) is 0 Å². The molecule has 2 aliphatic rings. The predicted octanol–water partition coefficient (Wildman–Crippen LogP) is 1.69. The lowest BCUT2D eigenvalue weighted by molar-refractivity contribution is -0.123. The zero-order valence-corrected chi connectivity index (χ0v) is 13.8. The fraction of sp³-hybridized carbons (Fsp3) is 0.706. The van der Waals surface area contributed by atoms with Crippen molar-refractivity contribution in [1.82, 2.24) is 15.3 Å². The average molecular weight is 318 g/mol. The second-order valence-electron chi connectivity index (χ2n) is 6.61. The minimum Gasteiger partial charge on any atom is -0.381 e. The van der Waals surface area contributed by atoms with Gasteiger partial charge in [0, 0.05) is 50.5 Å². The van der Waals surface area contributed by atoms with Crippen LogP contribution in [-0.2, 0) is 9.53 Å². The Morgan fingerprint density at radius 3 is 2.70 bits per heavy atom. The van der Waals surface area contributed by atoms with Gasteiger partial charge in [0.1, 0.15) is 12.1 Å². The monoisotopic (exact) mass is 318 g/mol. The Morgan fingerprint density at radius 1 is 1.26 bits per heavy atom. The first-order valence-corrected chi connectivity index (χ1v) is 8.61. The Balaban J connectivity index is 1.42. The number of aromatic nitrogens is 2. The molecule has 0 unspecified atom stereocenters. The highest BCUT2D eigenvalue weighted by Crippen LogP contribution is 2.24. The number of aryl methyl sites for hydroxylation is 1. The van der Waals surface area contributed by atoms with Gasteiger partial charge < -0.3 is 15.0 Å². The molecule has 1 aromatic rings. The lowest BCUT2D eigenvalue weighted by atomic mass is 9.93. The summed E-state index contributed by atoms with van der Waals surface area (Å²) >= 11 is 0. The average Bonchev–Trinajstić information content (AvgIpc) is 2.56. The fourth-order valence-electron chi connectivity index (χ4n) is 3.37. The van der Waals surface area contributed by atoms with E-state index in [2.05, 4.69) is 20.2 Å². The van der Waals surface area contributed by atoms with Crippen molar-refractivity contribution in [2.75, 3.05) is 31.2 Å². The number of carbonyl (C=O) groups excluding carboxylic acids is 1. The molecular formula is C17H26N4O2. The lowest BCUT2D eigenvalue weighted by Crippen LogP contribution is -2.41. The summed E-state index contributed by atoms with van der Waals surface area (Å²) in [7, 11) is 0. The van der Waals surface area contributed by atoms with Gasteiger partial charge >= 0.3 is 0 Å².